The van der Waals surface area contributed by atoms with E-state index in [1.807, 2.05) is 42.2 Å². The number of hydrogen-bond donors (Lipinski definition) is 1. The maximum absolute atomic E-state index is 12.6. The summed E-state index contributed by atoms with van der Waals surface area (Å²) in [6, 6.07) is 18.3. The lowest BCUT2D eigenvalue weighted by Crippen LogP contribution is -2.42. The van der Waals surface area contributed by atoms with Crippen LogP contribution in [0.3, 0.4) is 0 Å². The Morgan fingerprint density at radius 1 is 1.12 bits per heavy atom. The SMILES string of the molecule is CCN(Cc1ccccc1)C(=O)NCC1(c2ccc(OC)cc2)CC1. The van der Waals surface area contributed by atoms with E-state index in [4.69, 9.17) is 4.74 Å². The lowest BCUT2D eigenvalue weighted by atomic mass is 9.96. The van der Waals surface area contributed by atoms with E-state index in [0.717, 1.165) is 24.2 Å². The Labute approximate surface area is 149 Å². The van der Waals surface area contributed by atoms with E-state index in [1.54, 1.807) is 7.11 Å². The molecule has 3 rings (SSSR count). The Morgan fingerprint density at radius 3 is 2.36 bits per heavy atom. The second-order valence-corrected chi connectivity index (χ2v) is 6.67. The molecule has 4 heteroatoms. The highest BCUT2D eigenvalue weighted by Crippen LogP contribution is 2.47. The van der Waals surface area contributed by atoms with Crippen LogP contribution in [0.1, 0.15) is 30.9 Å². The lowest BCUT2D eigenvalue weighted by molar-refractivity contribution is 0.197. The molecule has 0 saturated heterocycles. The average molecular weight is 338 g/mol. The van der Waals surface area contributed by atoms with Crippen molar-refractivity contribution in [2.24, 2.45) is 0 Å². The fourth-order valence-electron chi connectivity index (χ4n) is 3.15. The Bertz CT molecular complexity index is 694. The van der Waals surface area contributed by atoms with Crippen LogP contribution in [0.5, 0.6) is 5.75 Å². The van der Waals surface area contributed by atoms with Gasteiger partial charge in [-0.2, -0.15) is 0 Å². The zero-order valence-electron chi connectivity index (χ0n) is 15.0. The molecule has 0 radical (unpaired) electrons. The normalized spacial score (nSPS) is 14.6. The van der Waals surface area contributed by atoms with Crippen LogP contribution in [0.2, 0.25) is 0 Å². The first-order valence-corrected chi connectivity index (χ1v) is 8.88. The molecule has 1 fully saturated rings. The molecular formula is C21H26N2O2. The van der Waals surface area contributed by atoms with Crippen molar-refractivity contribution in [3.8, 4) is 5.75 Å². The Kier molecular flexibility index (Phi) is 5.27. The molecule has 0 bridgehead atoms. The summed E-state index contributed by atoms with van der Waals surface area (Å²) >= 11 is 0. The Hall–Kier alpha value is -2.49. The average Bonchev–Trinajstić information content (AvgIpc) is 3.46. The zero-order chi connectivity index (χ0) is 17.7. The van der Waals surface area contributed by atoms with Gasteiger partial charge in [-0.1, -0.05) is 42.5 Å². The maximum Gasteiger partial charge on any atom is 0.317 e. The Balaban J connectivity index is 1.58. The number of carbonyl (C=O) groups excluding carboxylic acids is 1. The molecule has 25 heavy (non-hydrogen) atoms. The molecule has 1 saturated carbocycles. The van der Waals surface area contributed by atoms with Gasteiger partial charge in [0.25, 0.3) is 0 Å². The molecule has 0 aliphatic heterocycles. The molecule has 2 aromatic rings. The van der Waals surface area contributed by atoms with E-state index in [9.17, 15) is 4.79 Å². The molecule has 1 aliphatic carbocycles. The fraction of sp³-hybridized carbons (Fsp3) is 0.381. The Morgan fingerprint density at radius 2 is 1.80 bits per heavy atom. The number of hydrogen-bond acceptors (Lipinski definition) is 2. The summed E-state index contributed by atoms with van der Waals surface area (Å²) in [5.74, 6) is 0.864. The number of ether oxygens (including phenoxy) is 1. The zero-order valence-corrected chi connectivity index (χ0v) is 15.0. The first kappa shape index (κ1) is 17.3. The van der Waals surface area contributed by atoms with Crippen LogP contribution in [0.25, 0.3) is 0 Å². The molecular weight excluding hydrogens is 312 g/mol. The number of amides is 2. The van der Waals surface area contributed by atoms with Crippen molar-refractivity contribution in [3.63, 3.8) is 0 Å². The quantitative estimate of drug-likeness (QED) is 0.830. The van der Waals surface area contributed by atoms with Gasteiger partial charge < -0.3 is 15.0 Å². The third kappa shape index (κ3) is 4.13. The van der Waals surface area contributed by atoms with E-state index in [1.165, 1.54) is 5.56 Å². The highest BCUT2D eigenvalue weighted by molar-refractivity contribution is 5.74. The van der Waals surface area contributed by atoms with Gasteiger partial charge in [0.15, 0.2) is 0 Å². The molecule has 0 atom stereocenters. The first-order valence-electron chi connectivity index (χ1n) is 8.88. The number of carbonyl (C=O) groups is 1. The minimum absolute atomic E-state index is 0.00568. The summed E-state index contributed by atoms with van der Waals surface area (Å²) in [6.45, 7) is 4.03. The van der Waals surface area contributed by atoms with Gasteiger partial charge in [-0.3, -0.25) is 0 Å². The second-order valence-electron chi connectivity index (χ2n) is 6.67. The molecule has 0 unspecified atom stereocenters. The predicted molar refractivity (Wildman–Crippen MR) is 99.8 cm³/mol. The molecule has 0 heterocycles. The van der Waals surface area contributed by atoms with Crippen molar-refractivity contribution in [1.82, 2.24) is 10.2 Å². The van der Waals surface area contributed by atoms with Crippen molar-refractivity contribution in [1.29, 1.82) is 0 Å². The number of nitrogens with zero attached hydrogens (tertiary/aromatic N) is 1. The van der Waals surface area contributed by atoms with Crippen molar-refractivity contribution in [2.75, 3.05) is 20.2 Å². The second kappa shape index (κ2) is 7.60. The van der Waals surface area contributed by atoms with Gasteiger partial charge in [-0.15, -0.1) is 0 Å². The number of methoxy groups -OCH3 is 1. The van der Waals surface area contributed by atoms with Crippen LogP contribution in [0, 0.1) is 0 Å². The monoisotopic (exact) mass is 338 g/mol. The van der Waals surface area contributed by atoms with Gasteiger partial charge >= 0.3 is 6.03 Å². The van der Waals surface area contributed by atoms with Crippen molar-refractivity contribution in [2.45, 2.75) is 31.7 Å². The smallest absolute Gasteiger partial charge is 0.317 e. The standard InChI is InChI=1S/C21H26N2O2/c1-3-23(15-17-7-5-4-6-8-17)20(24)22-16-21(13-14-21)18-9-11-19(25-2)12-10-18/h4-12H,3,13-16H2,1-2H3,(H,22,24). The van der Waals surface area contributed by atoms with Crippen LogP contribution in [0.15, 0.2) is 54.6 Å². The maximum atomic E-state index is 12.6. The van der Waals surface area contributed by atoms with Crippen LogP contribution < -0.4 is 10.1 Å². The molecule has 1 aliphatic rings. The van der Waals surface area contributed by atoms with E-state index < -0.39 is 0 Å². The van der Waals surface area contributed by atoms with Crippen LogP contribution in [-0.4, -0.2) is 31.1 Å². The highest BCUT2D eigenvalue weighted by atomic mass is 16.5. The lowest BCUT2D eigenvalue weighted by Gasteiger charge is -2.24. The number of urea groups is 1. The highest BCUT2D eigenvalue weighted by Gasteiger charge is 2.44. The van der Waals surface area contributed by atoms with E-state index in [-0.39, 0.29) is 11.4 Å². The number of rotatable bonds is 7. The summed E-state index contributed by atoms with van der Waals surface area (Å²) in [5.41, 5.74) is 2.52. The molecule has 0 aromatic heterocycles. The predicted octanol–water partition coefficient (Wildman–Crippen LogP) is 3.96. The summed E-state index contributed by atoms with van der Waals surface area (Å²) in [4.78, 5) is 14.4. The van der Waals surface area contributed by atoms with Gasteiger partial charge in [0.05, 0.1) is 7.11 Å². The summed E-state index contributed by atoms with van der Waals surface area (Å²) in [5, 5.41) is 3.14. The fourth-order valence-corrected chi connectivity index (χ4v) is 3.15. The van der Waals surface area contributed by atoms with E-state index in [0.29, 0.717) is 19.6 Å². The summed E-state index contributed by atoms with van der Waals surface area (Å²) in [6.07, 6.45) is 2.23. The largest absolute Gasteiger partial charge is 0.497 e. The third-order valence-corrected chi connectivity index (χ3v) is 5.02. The van der Waals surface area contributed by atoms with Gasteiger partial charge in [0, 0.05) is 25.0 Å². The van der Waals surface area contributed by atoms with Gasteiger partial charge in [0.1, 0.15) is 5.75 Å². The van der Waals surface area contributed by atoms with Gasteiger partial charge in [-0.05, 0) is 43.0 Å². The molecule has 4 nitrogen and oxygen atoms in total. The minimum Gasteiger partial charge on any atom is -0.497 e. The number of benzene rings is 2. The third-order valence-electron chi connectivity index (χ3n) is 5.02. The van der Waals surface area contributed by atoms with E-state index >= 15 is 0 Å². The molecule has 1 N–H and O–H groups in total. The molecule has 2 aromatic carbocycles. The van der Waals surface area contributed by atoms with Crippen molar-refractivity contribution >= 4 is 6.03 Å². The van der Waals surface area contributed by atoms with Crippen LogP contribution in [0.4, 0.5) is 4.79 Å². The van der Waals surface area contributed by atoms with Crippen LogP contribution >= 0.6 is 0 Å². The summed E-state index contributed by atoms with van der Waals surface area (Å²) in [7, 11) is 1.67. The molecule has 2 amide bonds. The minimum atomic E-state index is 0.00568. The topological polar surface area (TPSA) is 41.6 Å². The van der Waals surface area contributed by atoms with E-state index in [2.05, 4.69) is 29.6 Å². The van der Waals surface area contributed by atoms with Crippen molar-refractivity contribution < 1.29 is 9.53 Å². The molecule has 0 spiro atoms. The van der Waals surface area contributed by atoms with Gasteiger partial charge in [0.2, 0.25) is 0 Å². The first-order chi connectivity index (χ1) is 12.2. The van der Waals surface area contributed by atoms with Crippen molar-refractivity contribution in [3.05, 3.63) is 65.7 Å². The van der Waals surface area contributed by atoms with Gasteiger partial charge in [-0.25, -0.2) is 4.79 Å². The van der Waals surface area contributed by atoms with Crippen LogP contribution in [-0.2, 0) is 12.0 Å². The summed E-state index contributed by atoms with van der Waals surface area (Å²) < 4.78 is 5.23. The number of nitrogens with one attached hydrogen (secondary N) is 1. The molecule has 132 valence electrons.